The molecule has 3 heteroatoms. The number of likely N-dealkylation sites (tertiary alicyclic amines) is 1. The SMILES string of the molecule is CN1CCCCC1(C)COc1cccc2c1CCN2. The maximum absolute atomic E-state index is 6.18. The zero-order valence-electron chi connectivity index (χ0n) is 12.0. The van der Waals surface area contributed by atoms with Gasteiger partial charge < -0.3 is 10.1 Å². The van der Waals surface area contributed by atoms with Crippen LogP contribution in [0.1, 0.15) is 31.7 Å². The van der Waals surface area contributed by atoms with E-state index in [0.717, 1.165) is 25.3 Å². The van der Waals surface area contributed by atoms with E-state index < -0.39 is 0 Å². The van der Waals surface area contributed by atoms with Crippen LogP contribution in [0.4, 0.5) is 5.69 Å². The maximum atomic E-state index is 6.18. The third kappa shape index (κ3) is 2.44. The number of rotatable bonds is 3. The smallest absolute Gasteiger partial charge is 0.124 e. The molecule has 1 aromatic rings. The number of benzene rings is 1. The van der Waals surface area contributed by atoms with Gasteiger partial charge in [0.05, 0.1) is 5.54 Å². The molecule has 0 aliphatic carbocycles. The van der Waals surface area contributed by atoms with Crippen molar-refractivity contribution in [1.82, 2.24) is 4.90 Å². The van der Waals surface area contributed by atoms with Crippen molar-refractivity contribution in [1.29, 1.82) is 0 Å². The van der Waals surface area contributed by atoms with Gasteiger partial charge in [-0.15, -0.1) is 0 Å². The predicted octanol–water partition coefficient (Wildman–Crippen LogP) is 2.91. The number of fused-ring (bicyclic) bond motifs is 1. The number of likely N-dealkylation sites (N-methyl/N-ethyl adjacent to an activating group) is 1. The number of hydrogen-bond acceptors (Lipinski definition) is 3. The molecule has 0 bridgehead atoms. The fraction of sp³-hybridized carbons (Fsp3) is 0.625. The number of piperidine rings is 1. The second-order valence-corrected chi connectivity index (χ2v) is 6.12. The largest absolute Gasteiger partial charge is 0.491 e. The fourth-order valence-electron chi connectivity index (χ4n) is 3.18. The van der Waals surface area contributed by atoms with Crippen molar-refractivity contribution in [2.45, 2.75) is 38.1 Å². The van der Waals surface area contributed by atoms with E-state index in [9.17, 15) is 0 Å². The molecule has 3 rings (SSSR count). The predicted molar refractivity (Wildman–Crippen MR) is 79.0 cm³/mol. The number of nitrogens with one attached hydrogen (secondary N) is 1. The highest BCUT2D eigenvalue weighted by Crippen LogP contribution is 2.33. The molecular weight excluding hydrogens is 236 g/mol. The van der Waals surface area contributed by atoms with Gasteiger partial charge in [0.25, 0.3) is 0 Å². The third-order valence-corrected chi connectivity index (χ3v) is 4.74. The van der Waals surface area contributed by atoms with Crippen LogP contribution in [-0.4, -0.2) is 37.2 Å². The molecule has 0 spiro atoms. The molecule has 1 fully saturated rings. The van der Waals surface area contributed by atoms with Gasteiger partial charge in [0.15, 0.2) is 0 Å². The van der Waals surface area contributed by atoms with Crippen molar-refractivity contribution in [3.63, 3.8) is 0 Å². The van der Waals surface area contributed by atoms with Crippen LogP contribution < -0.4 is 10.1 Å². The fourth-order valence-corrected chi connectivity index (χ4v) is 3.18. The van der Waals surface area contributed by atoms with Crippen LogP contribution in [0.2, 0.25) is 0 Å². The van der Waals surface area contributed by atoms with Crippen molar-refractivity contribution in [3.8, 4) is 5.75 Å². The van der Waals surface area contributed by atoms with Gasteiger partial charge in [-0.2, -0.15) is 0 Å². The highest BCUT2D eigenvalue weighted by atomic mass is 16.5. The molecule has 0 aromatic heterocycles. The minimum absolute atomic E-state index is 0.188. The minimum atomic E-state index is 0.188. The van der Waals surface area contributed by atoms with Gasteiger partial charge in [0, 0.05) is 17.8 Å². The van der Waals surface area contributed by atoms with Crippen LogP contribution in [-0.2, 0) is 6.42 Å². The van der Waals surface area contributed by atoms with E-state index in [1.54, 1.807) is 0 Å². The van der Waals surface area contributed by atoms with Gasteiger partial charge in [-0.05, 0) is 51.9 Å². The second kappa shape index (κ2) is 5.04. The van der Waals surface area contributed by atoms with Crippen LogP contribution in [0.15, 0.2) is 18.2 Å². The molecule has 0 saturated carbocycles. The number of anilines is 1. The summed E-state index contributed by atoms with van der Waals surface area (Å²) in [6, 6.07) is 6.33. The summed E-state index contributed by atoms with van der Waals surface area (Å²) >= 11 is 0. The van der Waals surface area contributed by atoms with E-state index in [0.29, 0.717) is 0 Å². The highest BCUT2D eigenvalue weighted by Gasteiger charge is 2.32. The van der Waals surface area contributed by atoms with E-state index in [1.807, 2.05) is 0 Å². The summed E-state index contributed by atoms with van der Waals surface area (Å²) in [5.41, 5.74) is 2.79. The first-order valence-electron chi connectivity index (χ1n) is 7.39. The van der Waals surface area contributed by atoms with Crippen molar-refractivity contribution < 1.29 is 4.74 Å². The lowest BCUT2D eigenvalue weighted by Crippen LogP contribution is -2.51. The zero-order chi connectivity index (χ0) is 13.3. The van der Waals surface area contributed by atoms with Crippen molar-refractivity contribution in [2.24, 2.45) is 0 Å². The lowest BCUT2D eigenvalue weighted by Gasteiger charge is -2.42. The van der Waals surface area contributed by atoms with E-state index in [-0.39, 0.29) is 5.54 Å². The summed E-state index contributed by atoms with van der Waals surface area (Å²) in [7, 11) is 2.22. The molecule has 1 unspecified atom stereocenters. The molecule has 1 atom stereocenters. The molecular formula is C16H24N2O. The van der Waals surface area contributed by atoms with E-state index in [1.165, 1.54) is 37.1 Å². The lowest BCUT2D eigenvalue weighted by atomic mass is 9.90. The molecule has 3 nitrogen and oxygen atoms in total. The molecule has 0 radical (unpaired) electrons. The van der Waals surface area contributed by atoms with Crippen LogP contribution in [0.5, 0.6) is 5.75 Å². The zero-order valence-corrected chi connectivity index (χ0v) is 12.0. The van der Waals surface area contributed by atoms with Crippen LogP contribution in [0.3, 0.4) is 0 Å². The molecule has 2 aliphatic rings. The Balaban J connectivity index is 1.71. The van der Waals surface area contributed by atoms with E-state index in [4.69, 9.17) is 4.74 Å². The summed E-state index contributed by atoms with van der Waals surface area (Å²) in [6.07, 6.45) is 4.95. The topological polar surface area (TPSA) is 24.5 Å². The average Bonchev–Trinajstić information content (AvgIpc) is 2.89. The summed E-state index contributed by atoms with van der Waals surface area (Å²) in [6.45, 7) is 5.34. The molecule has 0 amide bonds. The molecule has 2 aliphatic heterocycles. The molecule has 19 heavy (non-hydrogen) atoms. The van der Waals surface area contributed by atoms with Gasteiger partial charge in [-0.1, -0.05) is 12.5 Å². The first-order valence-corrected chi connectivity index (χ1v) is 7.39. The van der Waals surface area contributed by atoms with Crippen molar-refractivity contribution >= 4 is 5.69 Å². The maximum Gasteiger partial charge on any atom is 0.124 e. The number of hydrogen-bond donors (Lipinski definition) is 1. The first kappa shape index (κ1) is 12.8. The number of ether oxygens (including phenoxy) is 1. The Morgan fingerprint density at radius 1 is 1.37 bits per heavy atom. The highest BCUT2D eigenvalue weighted by molar-refractivity contribution is 5.61. The van der Waals surface area contributed by atoms with E-state index in [2.05, 4.69) is 42.4 Å². The lowest BCUT2D eigenvalue weighted by molar-refractivity contribution is 0.0418. The Kier molecular flexibility index (Phi) is 3.40. The summed E-state index contributed by atoms with van der Waals surface area (Å²) < 4.78 is 6.18. The number of nitrogens with zero attached hydrogens (tertiary/aromatic N) is 1. The van der Waals surface area contributed by atoms with Gasteiger partial charge in [0.2, 0.25) is 0 Å². The average molecular weight is 260 g/mol. The molecule has 2 heterocycles. The second-order valence-electron chi connectivity index (χ2n) is 6.12. The van der Waals surface area contributed by atoms with Gasteiger partial charge >= 0.3 is 0 Å². The Morgan fingerprint density at radius 2 is 2.26 bits per heavy atom. The van der Waals surface area contributed by atoms with Gasteiger partial charge in [-0.3, -0.25) is 4.90 Å². The summed E-state index contributed by atoms with van der Waals surface area (Å²) in [5, 5.41) is 3.41. The minimum Gasteiger partial charge on any atom is -0.491 e. The van der Waals surface area contributed by atoms with Crippen LogP contribution in [0.25, 0.3) is 0 Å². The normalized spacial score (nSPS) is 26.8. The standard InChI is InChI=1S/C16H24N2O/c1-16(9-3-4-11-18(16)2)12-19-15-7-5-6-14-13(15)8-10-17-14/h5-7,17H,3-4,8-12H2,1-2H3. The summed E-state index contributed by atoms with van der Waals surface area (Å²) in [5.74, 6) is 1.07. The van der Waals surface area contributed by atoms with Crippen molar-refractivity contribution in [2.75, 3.05) is 32.1 Å². The Labute approximate surface area is 115 Å². The van der Waals surface area contributed by atoms with E-state index >= 15 is 0 Å². The molecule has 1 saturated heterocycles. The molecule has 1 aromatic carbocycles. The first-order chi connectivity index (χ1) is 9.19. The Hall–Kier alpha value is -1.22. The third-order valence-electron chi connectivity index (χ3n) is 4.74. The van der Waals surface area contributed by atoms with Gasteiger partial charge in [0.1, 0.15) is 12.4 Å². The van der Waals surface area contributed by atoms with Gasteiger partial charge in [-0.25, -0.2) is 0 Å². The quantitative estimate of drug-likeness (QED) is 0.904. The molecule has 1 N–H and O–H groups in total. The van der Waals surface area contributed by atoms with Crippen LogP contribution >= 0.6 is 0 Å². The Bertz CT molecular complexity index is 460. The molecule has 104 valence electrons. The monoisotopic (exact) mass is 260 g/mol. The Morgan fingerprint density at radius 3 is 3.11 bits per heavy atom. The van der Waals surface area contributed by atoms with Crippen molar-refractivity contribution in [3.05, 3.63) is 23.8 Å². The summed E-state index contributed by atoms with van der Waals surface area (Å²) in [4.78, 5) is 2.46. The van der Waals surface area contributed by atoms with Crippen LogP contribution in [0, 0.1) is 0 Å².